The van der Waals surface area contributed by atoms with Gasteiger partial charge in [0.2, 0.25) is 0 Å². The van der Waals surface area contributed by atoms with Crippen molar-refractivity contribution < 1.29 is 4.79 Å². The number of para-hydroxylation sites is 1. The van der Waals surface area contributed by atoms with Gasteiger partial charge in [0.1, 0.15) is 5.71 Å². The van der Waals surface area contributed by atoms with Crippen molar-refractivity contribution in [2.45, 2.75) is 26.3 Å². The van der Waals surface area contributed by atoms with Crippen LogP contribution in [0.2, 0.25) is 0 Å². The van der Waals surface area contributed by atoms with Gasteiger partial charge >= 0.3 is 0 Å². The molecule has 0 saturated carbocycles. The fraction of sp³-hybridized carbons (Fsp3) is 0.190. The fourth-order valence-electron chi connectivity index (χ4n) is 3.14. The van der Waals surface area contributed by atoms with Crippen molar-refractivity contribution in [2.75, 3.05) is 5.32 Å². The zero-order valence-electron chi connectivity index (χ0n) is 14.6. The van der Waals surface area contributed by atoms with E-state index in [1.807, 2.05) is 24.4 Å². The first-order valence-electron chi connectivity index (χ1n) is 8.74. The average Bonchev–Trinajstić information content (AvgIpc) is 3.02. The molecule has 1 amide bonds. The predicted octanol–water partition coefficient (Wildman–Crippen LogP) is 4.16. The Morgan fingerprint density at radius 1 is 1.15 bits per heavy atom. The summed E-state index contributed by atoms with van der Waals surface area (Å²) in [5, 5.41) is 11.8. The molecule has 1 aliphatic heterocycles. The number of nitrogens with zero attached hydrogens (tertiary/aromatic N) is 3. The molecule has 0 aliphatic carbocycles. The number of amides is 1. The Balaban J connectivity index is 1.65. The zero-order valence-corrected chi connectivity index (χ0v) is 14.6. The minimum atomic E-state index is -0.180. The Hall–Kier alpha value is -3.21. The van der Waals surface area contributed by atoms with E-state index >= 15 is 0 Å². The molecule has 0 spiro atoms. The quantitative estimate of drug-likeness (QED) is 0.759. The Labute approximate surface area is 152 Å². The number of carbonyl (C=O) groups is 1. The predicted molar refractivity (Wildman–Crippen MR) is 106 cm³/mol. The van der Waals surface area contributed by atoms with E-state index in [-0.39, 0.29) is 5.91 Å². The fourth-order valence-corrected chi connectivity index (χ4v) is 3.14. The Bertz CT molecular complexity index is 1010. The van der Waals surface area contributed by atoms with Crippen LogP contribution in [0.25, 0.3) is 10.9 Å². The van der Waals surface area contributed by atoms with Crippen LogP contribution in [0.1, 0.15) is 24.0 Å². The van der Waals surface area contributed by atoms with Crippen LogP contribution in [-0.4, -0.2) is 22.4 Å². The molecule has 0 unspecified atom stereocenters. The second kappa shape index (κ2) is 6.96. The number of hydrogen-bond donors (Lipinski definition) is 1. The standard InChI is InChI=1S/C21H20N4O/c1-15-8-10-16(11-9-15)13-25-14-19(17-5-2-3-7-20(17)25)23-21(26)18-6-4-12-22-24-18/h2-3,5,7-12,14H,4,6,13H2,1H3,(H,23,26). The number of carbonyl (C=O) groups excluding carboxylic acids is 1. The lowest BCUT2D eigenvalue weighted by Crippen LogP contribution is -2.23. The lowest BCUT2D eigenvalue weighted by Gasteiger charge is -2.07. The largest absolute Gasteiger partial charge is 0.341 e. The summed E-state index contributed by atoms with van der Waals surface area (Å²) < 4.78 is 2.16. The third-order valence-electron chi connectivity index (χ3n) is 4.54. The maximum Gasteiger partial charge on any atom is 0.272 e. The van der Waals surface area contributed by atoms with Gasteiger partial charge in [-0.05, 0) is 25.0 Å². The van der Waals surface area contributed by atoms with Gasteiger partial charge in [0, 0.05) is 30.8 Å². The van der Waals surface area contributed by atoms with E-state index in [0.717, 1.165) is 29.6 Å². The average molecular weight is 344 g/mol. The molecule has 0 fully saturated rings. The number of rotatable bonds is 4. The van der Waals surface area contributed by atoms with E-state index in [2.05, 4.69) is 57.3 Å². The second-order valence-corrected chi connectivity index (χ2v) is 6.51. The highest BCUT2D eigenvalue weighted by Crippen LogP contribution is 2.27. The molecule has 5 heteroatoms. The van der Waals surface area contributed by atoms with E-state index in [1.165, 1.54) is 11.1 Å². The molecule has 1 aromatic heterocycles. The van der Waals surface area contributed by atoms with Crippen LogP contribution < -0.4 is 5.32 Å². The van der Waals surface area contributed by atoms with Gasteiger partial charge < -0.3 is 9.88 Å². The van der Waals surface area contributed by atoms with Crippen molar-refractivity contribution in [1.29, 1.82) is 0 Å². The summed E-state index contributed by atoms with van der Waals surface area (Å²) in [6.45, 7) is 2.84. The lowest BCUT2D eigenvalue weighted by molar-refractivity contribution is -0.110. The Kier molecular flexibility index (Phi) is 4.35. The molecule has 4 rings (SSSR count). The van der Waals surface area contributed by atoms with Gasteiger partial charge in [-0.2, -0.15) is 10.2 Å². The van der Waals surface area contributed by atoms with Crippen molar-refractivity contribution in [1.82, 2.24) is 4.57 Å². The van der Waals surface area contributed by atoms with Crippen LogP contribution in [0.5, 0.6) is 0 Å². The molecule has 0 bridgehead atoms. The third-order valence-corrected chi connectivity index (χ3v) is 4.54. The molecule has 130 valence electrons. The summed E-state index contributed by atoms with van der Waals surface area (Å²) in [6, 6.07) is 16.6. The van der Waals surface area contributed by atoms with Crippen molar-refractivity contribution >= 4 is 34.4 Å². The molecule has 26 heavy (non-hydrogen) atoms. The zero-order chi connectivity index (χ0) is 17.9. The van der Waals surface area contributed by atoms with E-state index in [0.29, 0.717) is 12.1 Å². The van der Waals surface area contributed by atoms with Crippen molar-refractivity contribution in [3.63, 3.8) is 0 Å². The first kappa shape index (κ1) is 16.3. The number of anilines is 1. The van der Waals surface area contributed by atoms with Crippen LogP contribution in [0.15, 0.2) is 64.9 Å². The summed E-state index contributed by atoms with van der Waals surface area (Å²) in [5.74, 6) is -0.180. The van der Waals surface area contributed by atoms with Crippen LogP contribution in [0.3, 0.4) is 0 Å². The highest BCUT2D eigenvalue weighted by Gasteiger charge is 2.16. The maximum atomic E-state index is 12.5. The van der Waals surface area contributed by atoms with Gasteiger partial charge in [-0.1, -0.05) is 48.0 Å². The van der Waals surface area contributed by atoms with Crippen molar-refractivity contribution in [2.24, 2.45) is 10.2 Å². The van der Waals surface area contributed by atoms with Crippen LogP contribution in [0, 0.1) is 6.92 Å². The van der Waals surface area contributed by atoms with Gasteiger partial charge in [-0.15, -0.1) is 0 Å². The smallest absolute Gasteiger partial charge is 0.272 e. The Morgan fingerprint density at radius 3 is 2.73 bits per heavy atom. The molecular weight excluding hydrogens is 324 g/mol. The number of benzene rings is 2. The first-order valence-corrected chi connectivity index (χ1v) is 8.74. The van der Waals surface area contributed by atoms with E-state index in [1.54, 1.807) is 6.21 Å². The summed E-state index contributed by atoms with van der Waals surface area (Å²) in [6.07, 6.45) is 5.10. The maximum absolute atomic E-state index is 12.5. The minimum Gasteiger partial charge on any atom is -0.341 e. The normalized spacial score (nSPS) is 13.7. The summed E-state index contributed by atoms with van der Waals surface area (Å²) in [7, 11) is 0. The first-order chi connectivity index (χ1) is 12.7. The van der Waals surface area contributed by atoms with Crippen LogP contribution >= 0.6 is 0 Å². The monoisotopic (exact) mass is 344 g/mol. The van der Waals surface area contributed by atoms with Gasteiger partial charge in [0.25, 0.3) is 5.91 Å². The molecule has 0 saturated heterocycles. The van der Waals surface area contributed by atoms with Crippen LogP contribution in [0.4, 0.5) is 5.69 Å². The topological polar surface area (TPSA) is 58.8 Å². The second-order valence-electron chi connectivity index (χ2n) is 6.51. The van der Waals surface area contributed by atoms with Crippen molar-refractivity contribution in [3.8, 4) is 0 Å². The number of fused-ring (bicyclic) bond motifs is 1. The van der Waals surface area contributed by atoms with Crippen LogP contribution in [-0.2, 0) is 11.3 Å². The third kappa shape index (κ3) is 3.28. The van der Waals surface area contributed by atoms with Gasteiger partial charge in [0.15, 0.2) is 0 Å². The molecule has 1 aliphatic rings. The number of aryl methyl sites for hydroxylation is 1. The van der Waals surface area contributed by atoms with Gasteiger partial charge in [-0.25, -0.2) is 0 Å². The highest BCUT2D eigenvalue weighted by molar-refractivity contribution is 6.43. The molecule has 0 atom stereocenters. The molecule has 2 aromatic carbocycles. The van der Waals surface area contributed by atoms with E-state index in [4.69, 9.17) is 0 Å². The number of hydrogen-bond acceptors (Lipinski definition) is 3. The van der Waals surface area contributed by atoms with E-state index in [9.17, 15) is 4.79 Å². The van der Waals surface area contributed by atoms with Gasteiger partial charge in [0.05, 0.1) is 11.2 Å². The molecule has 2 heterocycles. The summed E-state index contributed by atoms with van der Waals surface area (Å²) in [5.41, 5.74) is 4.83. The molecule has 3 aromatic rings. The summed E-state index contributed by atoms with van der Waals surface area (Å²) in [4.78, 5) is 12.5. The minimum absolute atomic E-state index is 0.180. The van der Waals surface area contributed by atoms with Crippen molar-refractivity contribution in [3.05, 3.63) is 65.9 Å². The van der Waals surface area contributed by atoms with E-state index < -0.39 is 0 Å². The van der Waals surface area contributed by atoms with Gasteiger partial charge in [-0.3, -0.25) is 4.79 Å². The SMILES string of the molecule is Cc1ccc(Cn2cc(NC(=O)C3=NN=CCC3)c3ccccc32)cc1. The molecule has 1 N–H and O–H groups in total. The number of nitrogens with one attached hydrogen (secondary N) is 1. The molecule has 0 radical (unpaired) electrons. The number of aromatic nitrogens is 1. The molecular formula is C21H20N4O. The Morgan fingerprint density at radius 2 is 1.96 bits per heavy atom. The summed E-state index contributed by atoms with van der Waals surface area (Å²) >= 11 is 0. The highest BCUT2D eigenvalue weighted by atomic mass is 16.2. The lowest BCUT2D eigenvalue weighted by atomic mass is 10.1. The molecule has 5 nitrogen and oxygen atoms in total.